The lowest BCUT2D eigenvalue weighted by molar-refractivity contribution is 0.0696. The second-order valence-electron chi connectivity index (χ2n) is 3.73. The molecule has 0 aliphatic heterocycles. The van der Waals surface area contributed by atoms with Gasteiger partial charge in [0.2, 0.25) is 0 Å². The second kappa shape index (κ2) is 4.90. The largest absolute Gasteiger partial charge is 0.478 e. The monoisotopic (exact) mass is 221 g/mol. The molecular formula is C12H15NO3. The quantitative estimate of drug-likeness (QED) is 0.755. The van der Waals surface area contributed by atoms with E-state index < -0.39 is 5.97 Å². The molecule has 0 saturated heterocycles. The van der Waals surface area contributed by atoms with E-state index in [1.165, 1.54) is 6.07 Å². The Morgan fingerprint density at radius 2 is 1.94 bits per heavy atom. The Kier molecular flexibility index (Phi) is 3.79. The molecule has 0 bridgehead atoms. The van der Waals surface area contributed by atoms with Crippen LogP contribution >= 0.6 is 0 Å². The standard InChI is InChI=1S/C12H15NO3/c1-7-5-9(11(14)3-4-13)6-10(8(7)2)12(15)16/h5-6H,3-4,13H2,1-2H3,(H,15,16). The van der Waals surface area contributed by atoms with Gasteiger partial charge in [-0.2, -0.15) is 0 Å². The van der Waals surface area contributed by atoms with Gasteiger partial charge in [-0.05, 0) is 43.7 Å². The van der Waals surface area contributed by atoms with E-state index in [-0.39, 0.29) is 24.3 Å². The van der Waals surface area contributed by atoms with Gasteiger partial charge in [0.05, 0.1) is 5.56 Å². The van der Waals surface area contributed by atoms with E-state index in [1.807, 2.05) is 0 Å². The summed E-state index contributed by atoms with van der Waals surface area (Å²) in [5, 5.41) is 8.99. The number of carbonyl (C=O) groups is 2. The number of aryl methyl sites for hydroxylation is 1. The number of benzene rings is 1. The van der Waals surface area contributed by atoms with E-state index in [1.54, 1.807) is 19.9 Å². The number of hydrogen-bond donors (Lipinski definition) is 2. The van der Waals surface area contributed by atoms with Crippen molar-refractivity contribution in [1.82, 2.24) is 0 Å². The van der Waals surface area contributed by atoms with Gasteiger partial charge in [0, 0.05) is 12.0 Å². The van der Waals surface area contributed by atoms with Crippen molar-refractivity contribution >= 4 is 11.8 Å². The number of carbonyl (C=O) groups excluding carboxylic acids is 1. The summed E-state index contributed by atoms with van der Waals surface area (Å²) in [5.74, 6) is -1.13. The fourth-order valence-corrected chi connectivity index (χ4v) is 1.52. The van der Waals surface area contributed by atoms with E-state index in [4.69, 9.17) is 10.8 Å². The summed E-state index contributed by atoms with van der Waals surface area (Å²) in [4.78, 5) is 22.6. The van der Waals surface area contributed by atoms with Crippen molar-refractivity contribution in [2.75, 3.05) is 6.54 Å². The number of carboxylic acid groups (broad SMARTS) is 1. The summed E-state index contributed by atoms with van der Waals surface area (Å²) in [6.45, 7) is 3.80. The zero-order chi connectivity index (χ0) is 12.3. The van der Waals surface area contributed by atoms with E-state index >= 15 is 0 Å². The SMILES string of the molecule is Cc1cc(C(=O)CCN)cc(C(=O)O)c1C. The molecule has 0 heterocycles. The first kappa shape index (κ1) is 12.4. The Labute approximate surface area is 94.1 Å². The average molecular weight is 221 g/mol. The van der Waals surface area contributed by atoms with Crippen molar-refractivity contribution in [2.45, 2.75) is 20.3 Å². The third-order valence-corrected chi connectivity index (χ3v) is 2.59. The maximum Gasteiger partial charge on any atom is 0.335 e. The van der Waals surface area contributed by atoms with Crippen LogP contribution in [0.4, 0.5) is 0 Å². The molecule has 1 rings (SSSR count). The van der Waals surface area contributed by atoms with Crippen molar-refractivity contribution in [3.63, 3.8) is 0 Å². The summed E-state index contributed by atoms with van der Waals surface area (Å²) < 4.78 is 0. The number of hydrogen-bond acceptors (Lipinski definition) is 3. The fourth-order valence-electron chi connectivity index (χ4n) is 1.52. The fraction of sp³-hybridized carbons (Fsp3) is 0.333. The number of ketones is 1. The molecule has 0 spiro atoms. The van der Waals surface area contributed by atoms with Crippen LogP contribution in [0.5, 0.6) is 0 Å². The molecule has 0 aliphatic rings. The van der Waals surface area contributed by atoms with Crippen LogP contribution < -0.4 is 5.73 Å². The molecule has 16 heavy (non-hydrogen) atoms. The van der Waals surface area contributed by atoms with Gasteiger partial charge < -0.3 is 10.8 Å². The molecular weight excluding hydrogens is 206 g/mol. The van der Waals surface area contributed by atoms with Crippen LogP contribution in [0.2, 0.25) is 0 Å². The predicted octanol–water partition coefficient (Wildman–Crippen LogP) is 1.53. The lowest BCUT2D eigenvalue weighted by atomic mass is 9.97. The van der Waals surface area contributed by atoms with Crippen molar-refractivity contribution in [2.24, 2.45) is 5.73 Å². The zero-order valence-corrected chi connectivity index (χ0v) is 9.41. The van der Waals surface area contributed by atoms with Crippen LogP contribution in [-0.2, 0) is 0 Å². The number of aromatic carboxylic acids is 1. The van der Waals surface area contributed by atoms with E-state index in [2.05, 4.69) is 0 Å². The second-order valence-corrected chi connectivity index (χ2v) is 3.73. The van der Waals surface area contributed by atoms with Gasteiger partial charge in [0.15, 0.2) is 5.78 Å². The Hall–Kier alpha value is -1.68. The lowest BCUT2D eigenvalue weighted by Gasteiger charge is -2.08. The highest BCUT2D eigenvalue weighted by molar-refractivity contribution is 5.99. The molecule has 0 unspecified atom stereocenters. The minimum atomic E-state index is -1.01. The molecule has 86 valence electrons. The topological polar surface area (TPSA) is 80.4 Å². The number of carboxylic acids is 1. The van der Waals surface area contributed by atoms with E-state index in [0.717, 1.165) is 5.56 Å². The summed E-state index contributed by atoms with van der Waals surface area (Å²) in [7, 11) is 0. The zero-order valence-electron chi connectivity index (χ0n) is 9.41. The molecule has 0 saturated carbocycles. The van der Waals surface area contributed by atoms with Crippen LogP contribution in [0.25, 0.3) is 0 Å². The first-order valence-corrected chi connectivity index (χ1v) is 5.05. The third-order valence-electron chi connectivity index (χ3n) is 2.59. The summed E-state index contributed by atoms with van der Waals surface area (Å²) >= 11 is 0. The van der Waals surface area contributed by atoms with Gasteiger partial charge in [-0.1, -0.05) is 0 Å². The molecule has 0 aromatic heterocycles. The molecule has 0 aliphatic carbocycles. The molecule has 3 N–H and O–H groups in total. The van der Waals surface area contributed by atoms with Gasteiger partial charge in [-0.15, -0.1) is 0 Å². The Morgan fingerprint density at radius 3 is 2.44 bits per heavy atom. The smallest absolute Gasteiger partial charge is 0.335 e. The number of nitrogens with two attached hydrogens (primary N) is 1. The molecule has 0 radical (unpaired) electrons. The molecule has 0 fully saturated rings. The Balaban J connectivity index is 3.24. The van der Waals surface area contributed by atoms with Crippen LogP contribution in [0.3, 0.4) is 0 Å². The minimum Gasteiger partial charge on any atom is -0.478 e. The first-order valence-electron chi connectivity index (χ1n) is 5.05. The Bertz CT molecular complexity index is 438. The molecule has 1 aromatic rings. The van der Waals surface area contributed by atoms with E-state index in [9.17, 15) is 9.59 Å². The van der Waals surface area contributed by atoms with Crippen molar-refractivity contribution in [3.8, 4) is 0 Å². The number of rotatable bonds is 4. The van der Waals surface area contributed by atoms with Gasteiger partial charge in [-0.25, -0.2) is 4.79 Å². The lowest BCUT2D eigenvalue weighted by Crippen LogP contribution is -2.10. The molecule has 4 nitrogen and oxygen atoms in total. The highest BCUT2D eigenvalue weighted by Crippen LogP contribution is 2.17. The summed E-state index contributed by atoms with van der Waals surface area (Å²) in [5.41, 5.74) is 7.40. The maximum absolute atomic E-state index is 11.6. The van der Waals surface area contributed by atoms with Gasteiger partial charge >= 0.3 is 5.97 Å². The molecule has 0 amide bonds. The van der Waals surface area contributed by atoms with Gasteiger partial charge in [-0.3, -0.25) is 4.79 Å². The normalized spacial score (nSPS) is 10.2. The average Bonchev–Trinajstić information content (AvgIpc) is 2.21. The van der Waals surface area contributed by atoms with Crippen molar-refractivity contribution in [3.05, 3.63) is 34.4 Å². The molecule has 1 aromatic carbocycles. The van der Waals surface area contributed by atoms with Crippen molar-refractivity contribution in [1.29, 1.82) is 0 Å². The first-order chi connectivity index (χ1) is 7.47. The van der Waals surface area contributed by atoms with Gasteiger partial charge in [0.25, 0.3) is 0 Å². The Morgan fingerprint density at radius 1 is 1.31 bits per heavy atom. The van der Waals surface area contributed by atoms with Crippen LogP contribution in [-0.4, -0.2) is 23.4 Å². The summed E-state index contributed by atoms with van der Waals surface area (Å²) in [6, 6.07) is 3.13. The van der Waals surface area contributed by atoms with E-state index in [0.29, 0.717) is 11.1 Å². The summed E-state index contributed by atoms with van der Waals surface area (Å²) in [6.07, 6.45) is 0.238. The highest BCUT2D eigenvalue weighted by Gasteiger charge is 2.14. The van der Waals surface area contributed by atoms with Crippen LogP contribution in [0.1, 0.15) is 38.3 Å². The molecule has 0 atom stereocenters. The maximum atomic E-state index is 11.6. The molecule has 4 heteroatoms. The highest BCUT2D eigenvalue weighted by atomic mass is 16.4. The minimum absolute atomic E-state index is 0.117. The number of Topliss-reactive ketones (excluding diaryl/α,β-unsaturated/α-hetero) is 1. The van der Waals surface area contributed by atoms with Gasteiger partial charge in [0.1, 0.15) is 0 Å². The van der Waals surface area contributed by atoms with Crippen LogP contribution in [0.15, 0.2) is 12.1 Å². The predicted molar refractivity (Wildman–Crippen MR) is 60.9 cm³/mol. The van der Waals surface area contributed by atoms with Crippen LogP contribution in [0, 0.1) is 13.8 Å². The third kappa shape index (κ3) is 2.46. The van der Waals surface area contributed by atoms with Crippen molar-refractivity contribution < 1.29 is 14.7 Å².